The predicted molar refractivity (Wildman–Crippen MR) is 123 cm³/mol. The number of amides is 1. The first-order valence-corrected chi connectivity index (χ1v) is 11.0. The number of nitrogens with zero attached hydrogens (tertiary/aromatic N) is 1. The number of primary amides is 1. The second-order valence-electron chi connectivity index (χ2n) is 7.80. The number of ketones is 1. The summed E-state index contributed by atoms with van der Waals surface area (Å²) >= 11 is 0. The van der Waals surface area contributed by atoms with Crippen LogP contribution in [-0.2, 0) is 27.4 Å². The summed E-state index contributed by atoms with van der Waals surface area (Å²) < 4.78 is 11.1. The minimum Gasteiger partial charge on any atom is -0.489 e. The van der Waals surface area contributed by atoms with E-state index in [4.69, 9.17) is 15.2 Å². The molecule has 1 aliphatic rings. The minimum atomic E-state index is -1.04. The molecule has 168 valence electrons. The fraction of sp³-hybridized carbons (Fsp3) is 0.385. The zero-order chi connectivity index (χ0) is 22.8. The van der Waals surface area contributed by atoms with E-state index in [9.17, 15) is 9.59 Å². The van der Waals surface area contributed by atoms with Crippen molar-refractivity contribution >= 4 is 11.7 Å². The summed E-state index contributed by atoms with van der Waals surface area (Å²) in [6.45, 7) is 4.57. The van der Waals surface area contributed by atoms with E-state index in [-0.39, 0.29) is 0 Å². The summed E-state index contributed by atoms with van der Waals surface area (Å²) in [5, 5.41) is 0. The Morgan fingerprint density at radius 1 is 1.06 bits per heavy atom. The number of hydrogen-bond donors (Lipinski definition) is 1. The number of benzene rings is 2. The van der Waals surface area contributed by atoms with E-state index in [2.05, 4.69) is 43.0 Å². The lowest BCUT2D eigenvalue weighted by Crippen LogP contribution is -2.53. The average molecular weight is 435 g/mol. The molecule has 6 heteroatoms. The highest BCUT2D eigenvalue weighted by Crippen LogP contribution is 2.15. The van der Waals surface area contributed by atoms with Crippen molar-refractivity contribution in [3.05, 3.63) is 65.2 Å². The highest BCUT2D eigenvalue weighted by molar-refractivity contribution is 6.13. The average Bonchev–Trinajstić information content (AvgIpc) is 2.82. The lowest BCUT2D eigenvalue weighted by molar-refractivity contribution is -0.133. The number of ether oxygens (including phenoxy) is 2. The number of nitrogens with two attached hydrogens (primary N) is 1. The van der Waals surface area contributed by atoms with Crippen LogP contribution in [0.4, 0.5) is 0 Å². The zero-order valence-corrected chi connectivity index (χ0v) is 18.5. The molecule has 0 spiro atoms. The highest BCUT2D eigenvalue weighted by atomic mass is 16.5. The van der Waals surface area contributed by atoms with Crippen LogP contribution in [0.1, 0.15) is 36.5 Å². The first-order chi connectivity index (χ1) is 15.6. The number of aryl methyl sites for hydroxylation is 1. The molecule has 0 bridgehead atoms. The van der Waals surface area contributed by atoms with Crippen LogP contribution >= 0.6 is 0 Å². The molecule has 1 atom stereocenters. The molecule has 1 unspecified atom stereocenters. The molecule has 1 saturated heterocycles. The van der Waals surface area contributed by atoms with Gasteiger partial charge in [-0.2, -0.15) is 0 Å². The van der Waals surface area contributed by atoms with Crippen molar-refractivity contribution in [2.75, 3.05) is 26.3 Å². The Morgan fingerprint density at radius 3 is 2.34 bits per heavy atom. The van der Waals surface area contributed by atoms with Gasteiger partial charge in [-0.15, -0.1) is 0 Å². The van der Waals surface area contributed by atoms with Gasteiger partial charge in [-0.05, 0) is 54.2 Å². The molecule has 6 nitrogen and oxygen atoms in total. The smallest absolute Gasteiger partial charge is 0.243 e. The van der Waals surface area contributed by atoms with Gasteiger partial charge in [0.2, 0.25) is 11.7 Å². The Balaban J connectivity index is 1.54. The maximum absolute atomic E-state index is 12.5. The maximum Gasteiger partial charge on any atom is 0.243 e. The molecule has 1 fully saturated rings. The number of rotatable bonds is 9. The van der Waals surface area contributed by atoms with E-state index in [1.165, 1.54) is 18.4 Å². The van der Waals surface area contributed by atoms with Crippen LogP contribution in [-0.4, -0.2) is 48.9 Å². The van der Waals surface area contributed by atoms with E-state index < -0.39 is 17.7 Å². The molecule has 2 aromatic carbocycles. The van der Waals surface area contributed by atoms with E-state index in [0.29, 0.717) is 38.5 Å². The number of hydrogen-bond acceptors (Lipinski definition) is 5. The number of morpholine rings is 1. The lowest BCUT2D eigenvalue weighted by Gasteiger charge is -2.30. The molecule has 3 rings (SSSR count). The van der Waals surface area contributed by atoms with E-state index in [1.807, 2.05) is 12.1 Å². The van der Waals surface area contributed by atoms with Crippen molar-refractivity contribution in [1.29, 1.82) is 0 Å². The van der Waals surface area contributed by atoms with Gasteiger partial charge < -0.3 is 15.2 Å². The van der Waals surface area contributed by atoms with E-state index in [0.717, 1.165) is 17.7 Å². The van der Waals surface area contributed by atoms with Crippen molar-refractivity contribution in [2.24, 2.45) is 5.73 Å². The van der Waals surface area contributed by atoms with Gasteiger partial charge in [-0.3, -0.25) is 14.5 Å². The lowest BCUT2D eigenvalue weighted by atomic mass is 10.1. The van der Waals surface area contributed by atoms with Crippen LogP contribution in [0.5, 0.6) is 5.75 Å². The van der Waals surface area contributed by atoms with Gasteiger partial charge in [-0.1, -0.05) is 43.5 Å². The van der Waals surface area contributed by atoms with Crippen molar-refractivity contribution in [2.45, 2.75) is 38.8 Å². The summed E-state index contributed by atoms with van der Waals surface area (Å²) in [6.07, 6.45) is 3.50. The molecule has 32 heavy (non-hydrogen) atoms. The molecular formula is C26H30N2O4. The predicted octanol–water partition coefficient (Wildman–Crippen LogP) is 2.71. The first-order valence-electron chi connectivity index (χ1n) is 11.0. The quantitative estimate of drug-likeness (QED) is 0.485. The number of Topliss-reactive ketones (excluding diaryl/α,β-unsaturated/α-hetero) is 1. The van der Waals surface area contributed by atoms with Crippen molar-refractivity contribution in [3.63, 3.8) is 0 Å². The second-order valence-corrected chi connectivity index (χ2v) is 7.80. The third-order valence-corrected chi connectivity index (χ3v) is 5.36. The van der Waals surface area contributed by atoms with Crippen molar-refractivity contribution in [1.82, 2.24) is 4.90 Å². The molecule has 0 aromatic heterocycles. The van der Waals surface area contributed by atoms with E-state index in [1.54, 1.807) is 17.0 Å². The van der Waals surface area contributed by atoms with Crippen LogP contribution in [0.25, 0.3) is 0 Å². The second kappa shape index (κ2) is 12.0. The third kappa shape index (κ3) is 6.94. The Morgan fingerprint density at radius 2 is 1.72 bits per heavy atom. The minimum absolute atomic E-state index is 0.467. The fourth-order valence-electron chi connectivity index (χ4n) is 3.50. The van der Waals surface area contributed by atoms with Gasteiger partial charge in [0.05, 0.1) is 13.2 Å². The van der Waals surface area contributed by atoms with Crippen LogP contribution in [0, 0.1) is 11.8 Å². The zero-order valence-electron chi connectivity index (χ0n) is 18.5. The van der Waals surface area contributed by atoms with Gasteiger partial charge in [0.15, 0.2) is 6.04 Å². The Hall–Kier alpha value is -3.14. The summed E-state index contributed by atoms with van der Waals surface area (Å²) in [7, 11) is 0. The largest absolute Gasteiger partial charge is 0.489 e. The van der Waals surface area contributed by atoms with Crippen LogP contribution < -0.4 is 10.5 Å². The summed E-state index contributed by atoms with van der Waals surface area (Å²) in [5.74, 6) is 4.92. The standard InChI is InChI=1S/C26H30N2O4/c1-2-3-4-20-5-7-22(8-6-20)19-32-23-12-9-21(10-13-23)11-14-24(29)25(26(27)30)28-15-17-31-18-16-28/h5-10,12-13,25H,2-4,15-19H2,1H3,(H2,27,30). The molecule has 0 radical (unpaired) electrons. The first kappa shape index (κ1) is 23.5. The summed E-state index contributed by atoms with van der Waals surface area (Å²) in [4.78, 5) is 26.0. The van der Waals surface area contributed by atoms with Crippen LogP contribution in [0.3, 0.4) is 0 Å². The summed E-state index contributed by atoms with van der Waals surface area (Å²) in [6, 6.07) is 14.7. The van der Waals surface area contributed by atoms with Crippen molar-refractivity contribution in [3.8, 4) is 17.6 Å². The van der Waals surface area contributed by atoms with E-state index >= 15 is 0 Å². The molecular weight excluding hydrogens is 404 g/mol. The number of unbranched alkanes of at least 4 members (excludes halogenated alkanes) is 1. The summed E-state index contributed by atoms with van der Waals surface area (Å²) in [5.41, 5.74) is 8.56. The van der Waals surface area contributed by atoms with Crippen LogP contribution in [0.15, 0.2) is 48.5 Å². The molecule has 0 saturated carbocycles. The Labute approximate surface area is 189 Å². The maximum atomic E-state index is 12.5. The number of carbonyl (C=O) groups excluding carboxylic acids is 2. The fourth-order valence-corrected chi connectivity index (χ4v) is 3.50. The van der Waals surface area contributed by atoms with Gasteiger partial charge in [0, 0.05) is 18.7 Å². The topological polar surface area (TPSA) is 81.9 Å². The molecule has 0 aliphatic carbocycles. The molecule has 2 N–H and O–H groups in total. The third-order valence-electron chi connectivity index (χ3n) is 5.36. The molecule has 1 amide bonds. The Bertz CT molecular complexity index is 952. The number of carbonyl (C=O) groups is 2. The van der Waals surface area contributed by atoms with Gasteiger partial charge in [0.25, 0.3) is 0 Å². The van der Waals surface area contributed by atoms with Crippen LogP contribution in [0.2, 0.25) is 0 Å². The van der Waals surface area contributed by atoms with Gasteiger partial charge in [-0.25, -0.2) is 0 Å². The molecule has 1 aliphatic heterocycles. The molecule has 1 heterocycles. The molecule has 2 aromatic rings. The monoisotopic (exact) mass is 434 g/mol. The van der Waals surface area contributed by atoms with Gasteiger partial charge in [0.1, 0.15) is 12.4 Å². The highest BCUT2D eigenvalue weighted by Gasteiger charge is 2.31. The SMILES string of the molecule is CCCCc1ccc(COc2ccc(C#CC(=O)C(C(N)=O)N3CCOCC3)cc2)cc1. The normalized spacial score (nSPS) is 14.8. The van der Waals surface area contributed by atoms with Gasteiger partial charge >= 0.3 is 0 Å². The van der Waals surface area contributed by atoms with Crippen molar-refractivity contribution < 1.29 is 19.1 Å². The Kier molecular flexibility index (Phi) is 8.85.